The van der Waals surface area contributed by atoms with Gasteiger partial charge in [0.2, 0.25) is 0 Å². The normalized spacial score (nSPS) is 24.6. The Morgan fingerprint density at radius 2 is 1.42 bits per heavy atom. The van der Waals surface area contributed by atoms with E-state index in [0.717, 1.165) is 18.3 Å². The third-order valence-corrected chi connectivity index (χ3v) is 8.07. The summed E-state index contributed by atoms with van der Waals surface area (Å²) in [5.74, 6) is 0.152. The number of hydrogen-bond donors (Lipinski definition) is 0. The van der Waals surface area contributed by atoms with Crippen molar-refractivity contribution in [3.63, 3.8) is 0 Å². The van der Waals surface area contributed by atoms with E-state index in [4.69, 9.17) is 14.0 Å². The molecule has 0 unspecified atom stereocenters. The van der Waals surface area contributed by atoms with Crippen molar-refractivity contribution in [3.05, 3.63) is 24.3 Å². The summed E-state index contributed by atoms with van der Waals surface area (Å²) in [6, 6.07) is 6.92. The van der Waals surface area contributed by atoms with Gasteiger partial charge in [-0.1, -0.05) is 19.1 Å². The van der Waals surface area contributed by atoms with Crippen LogP contribution in [0.25, 0.3) is 0 Å². The maximum absolute atomic E-state index is 12.8. The summed E-state index contributed by atoms with van der Waals surface area (Å²) >= 11 is 0. The lowest BCUT2D eigenvalue weighted by Crippen LogP contribution is -2.41. The lowest BCUT2D eigenvalue weighted by atomic mass is 9.79. The topological polar surface area (TPSA) is 61.8 Å². The van der Waals surface area contributed by atoms with Crippen LogP contribution >= 0.6 is 0 Å². The Morgan fingerprint density at radius 3 is 1.92 bits per heavy atom. The van der Waals surface area contributed by atoms with Gasteiger partial charge in [0, 0.05) is 13.2 Å². The van der Waals surface area contributed by atoms with Crippen molar-refractivity contribution in [1.82, 2.24) is 0 Å². The molecule has 2 saturated heterocycles. The van der Waals surface area contributed by atoms with Gasteiger partial charge >= 0.3 is 7.12 Å². The van der Waals surface area contributed by atoms with Gasteiger partial charge in [-0.05, 0) is 63.5 Å². The van der Waals surface area contributed by atoms with Crippen LogP contribution in [0.3, 0.4) is 0 Å². The molecule has 5 nitrogen and oxygen atoms in total. The summed E-state index contributed by atoms with van der Waals surface area (Å²) in [4.78, 5) is 0.352. The van der Waals surface area contributed by atoms with Gasteiger partial charge in [-0.15, -0.1) is 0 Å². The number of ether oxygens (including phenoxy) is 1. The molecule has 0 atom stereocenters. The number of hydrogen-bond acceptors (Lipinski definition) is 5. The monoisotopic (exact) mass is 380 g/mol. The van der Waals surface area contributed by atoms with Crippen molar-refractivity contribution in [3.8, 4) is 0 Å². The predicted molar refractivity (Wildman–Crippen MR) is 102 cm³/mol. The molecule has 0 amide bonds. The minimum Gasteiger partial charge on any atom is -0.399 e. The third-order valence-electron chi connectivity index (χ3n) is 6.00. The van der Waals surface area contributed by atoms with Crippen molar-refractivity contribution in [2.24, 2.45) is 5.41 Å². The highest BCUT2D eigenvalue weighted by molar-refractivity contribution is 7.91. The molecule has 0 spiro atoms. The summed E-state index contributed by atoms with van der Waals surface area (Å²) in [6.45, 7) is 11.3. The minimum absolute atomic E-state index is 0.152. The van der Waals surface area contributed by atoms with E-state index < -0.39 is 28.2 Å². The highest BCUT2D eigenvalue weighted by atomic mass is 32.2. The Labute approximate surface area is 157 Å². The summed E-state index contributed by atoms with van der Waals surface area (Å²) in [5.41, 5.74) is -0.221. The molecule has 1 aromatic carbocycles. The number of benzene rings is 1. The van der Waals surface area contributed by atoms with Crippen LogP contribution in [0.4, 0.5) is 0 Å². The Kier molecular flexibility index (Phi) is 5.06. The van der Waals surface area contributed by atoms with Crippen LogP contribution < -0.4 is 5.46 Å². The van der Waals surface area contributed by atoms with Crippen LogP contribution in [0, 0.1) is 5.41 Å². The standard InChI is InChI=1S/C19H29BO5S/c1-17(2)18(3,4)25-20(24-17)15-6-8-16(9-7-15)26(21,22)14-19(5)10-12-23-13-11-19/h6-9H,10-14H2,1-5H3. The van der Waals surface area contributed by atoms with E-state index in [0.29, 0.717) is 18.1 Å². The van der Waals surface area contributed by atoms with E-state index in [-0.39, 0.29) is 11.2 Å². The van der Waals surface area contributed by atoms with Gasteiger partial charge in [0.15, 0.2) is 9.84 Å². The van der Waals surface area contributed by atoms with E-state index in [2.05, 4.69) is 0 Å². The largest absolute Gasteiger partial charge is 0.494 e. The second-order valence-corrected chi connectivity index (χ2v) is 10.8. The zero-order chi connectivity index (χ0) is 19.2. The van der Waals surface area contributed by atoms with Crippen LogP contribution in [0.5, 0.6) is 0 Å². The van der Waals surface area contributed by atoms with E-state index in [1.807, 2.05) is 34.6 Å². The van der Waals surface area contributed by atoms with Gasteiger partial charge < -0.3 is 14.0 Å². The van der Waals surface area contributed by atoms with Crippen molar-refractivity contribution in [2.45, 2.75) is 63.6 Å². The Balaban J connectivity index is 1.75. The minimum atomic E-state index is -3.34. The molecule has 2 aliphatic heterocycles. The maximum atomic E-state index is 12.8. The number of sulfone groups is 1. The maximum Gasteiger partial charge on any atom is 0.494 e. The molecule has 0 radical (unpaired) electrons. The zero-order valence-electron chi connectivity index (χ0n) is 16.4. The van der Waals surface area contributed by atoms with Crippen LogP contribution in [-0.2, 0) is 23.9 Å². The summed E-state index contributed by atoms with van der Waals surface area (Å²) in [6.07, 6.45) is 1.55. The molecular weight excluding hydrogens is 351 g/mol. The van der Waals surface area contributed by atoms with Crippen molar-refractivity contribution >= 4 is 22.4 Å². The van der Waals surface area contributed by atoms with Gasteiger partial charge in [0.1, 0.15) is 0 Å². The van der Waals surface area contributed by atoms with Crippen LogP contribution in [0.15, 0.2) is 29.2 Å². The smallest absolute Gasteiger partial charge is 0.399 e. The van der Waals surface area contributed by atoms with Gasteiger partial charge in [0.05, 0.1) is 21.9 Å². The SMILES string of the molecule is CC1(CS(=O)(=O)c2ccc(B3OC(C)(C)C(C)(C)O3)cc2)CCOCC1. The molecule has 2 aliphatic rings. The first kappa shape index (κ1) is 19.9. The fourth-order valence-electron chi connectivity index (χ4n) is 3.36. The first-order valence-electron chi connectivity index (χ1n) is 9.20. The Morgan fingerprint density at radius 1 is 0.923 bits per heavy atom. The molecule has 2 heterocycles. The molecule has 0 aromatic heterocycles. The van der Waals surface area contributed by atoms with E-state index in [1.54, 1.807) is 24.3 Å². The highest BCUT2D eigenvalue weighted by Gasteiger charge is 2.51. The molecular formula is C19H29BO5S. The fourth-order valence-corrected chi connectivity index (χ4v) is 5.29. The van der Waals surface area contributed by atoms with Gasteiger partial charge in [0.25, 0.3) is 0 Å². The molecule has 0 bridgehead atoms. The number of rotatable bonds is 4. The predicted octanol–water partition coefficient (Wildman–Crippen LogP) is 2.58. The average Bonchev–Trinajstić information content (AvgIpc) is 2.75. The van der Waals surface area contributed by atoms with E-state index in [9.17, 15) is 8.42 Å². The van der Waals surface area contributed by atoms with E-state index in [1.165, 1.54) is 0 Å². The molecule has 0 saturated carbocycles. The quantitative estimate of drug-likeness (QED) is 0.752. The summed E-state index contributed by atoms with van der Waals surface area (Å²) in [5, 5.41) is 0. The van der Waals surface area contributed by atoms with Crippen molar-refractivity contribution in [2.75, 3.05) is 19.0 Å². The molecule has 2 fully saturated rings. The van der Waals surface area contributed by atoms with E-state index >= 15 is 0 Å². The summed E-state index contributed by atoms with van der Waals surface area (Å²) < 4.78 is 43.1. The van der Waals surface area contributed by atoms with Crippen molar-refractivity contribution < 1.29 is 22.5 Å². The zero-order valence-corrected chi connectivity index (χ0v) is 17.2. The van der Waals surface area contributed by atoms with Gasteiger partial charge in [-0.2, -0.15) is 0 Å². The first-order valence-corrected chi connectivity index (χ1v) is 10.9. The molecule has 0 aliphatic carbocycles. The van der Waals surface area contributed by atoms with Gasteiger partial charge in [-0.25, -0.2) is 8.42 Å². The first-order chi connectivity index (χ1) is 11.9. The summed E-state index contributed by atoms with van der Waals surface area (Å²) in [7, 11) is -3.82. The molecule has 0 N–H and O–H groups in total. The second kappa shape index (κ2) is 6.62. The molecule has 26 heavy (non-hydrogen) atoms. The average molecular weight is 380 g/mol. The molecule has 144 valence electrons. The third kappa shape index (κ3) is 3.86. The lowest BCUT2D eigenvalue weighted by molar-refractivity contribution is 0.00578. The highest BCUT2D eigenvalue weighted by Crippen LogP contribution is 2.37. The second-order valence-electron chi connectivity index (χ2n) is 8.84. The van der Waals surface area contributed by atoms with Gasteiger partial charge in [-0.3, -0.25) is 0 Å². The molecule has 7 heteroatoms. The lowest BCUT2D eigenvalue weighted by Gasteiger charge is -2.33. The molecule has 1 aromatic rings. The van der Waals surface area contributed by atoms with Crippen LogP contribution in [0.1, 0.15) is 47.5 Å². The Hall–Kier alpha value is -0.885. The Bertz CT molecular complexity index is 733. The van der Waals surface area contributed by atoms with Crippen LogP contribution in [-0.4, -0.2) is 45.7 Å². The van der Waals surface area contributed by atoms with Crippen molar-refractivity contribution in [1.29, 1.82) is 0 Å². The van der Waals surface area contributed by atoms with Crippen LogP contribution in [0.2, 0.25) is 0 Å². The molecule has 3 rings (SSSR count). The fraction of sp³-hybridized carbons (Fsp3) is 0.684.